The zero-order valence-corrected chi connectivity index (χ0v) is 18.0. The van der Waals surface area contributed by atoms with Gasteiger partial charge in [-0.15, -0.1) is 0 Å². The van der Waals surface area contributed by atoms with Crippen molar-refractivity contribution in [2.45, 2.75) is 26.2 Å². The third-order valence-electron chi connectivity index (χ3n) is 6.22. The number of carbonyl (C=O) groups excluding carboxylic acids is 1. The molecule has 0 radical (unpaired) electrons. The van der Waals surface area contributed by atoms with Crippen molar-refractivity contribution in [1.82, 2.24) is 24.6 Å². The summed E-state index contributed by atoms with van der Waals surface area (Å²) in [7, 11) is 0. The predicted molar refractivity (Wildman–Crippen MR) is 124 cm³/mol. The monoisotopic (exact) mass is 427 g/mol. The first-order chi connectivity index (χ1) is 15.6. The molecule has 0 saturated carbocycles. The molecule has 0 bridgehead atoms. The van der Waals surface area contributed by atoms with E-state index < -0.39 is 0 Å². The van der Waals surface area contributed by atoms with Gasteiger partial charge in [-0.1, -0.05) is 37.3 Å². The minimum Gasteiger partial charge on any atom is -0.342 e. The van der Waals surface area contributed by atoms with Gasteiger partial charge in [-0.2, -0.15) is 5.10 Å². The van der Waals surface area contributed by atoms with Gasteiger partial charge in [-0.05, 0) is 47.7 Å². The van der Waals surface area contributed by atoms with E-state index in [4.69, 9.17) is 0 Å². The molecule has 1 aliphatic rings. The van der Waals surface area contributed by atoms with E-state index in [0.717, 1.165) is 47.2 Å². The number of rotatable bonds is 5. The van der Waals surface area contributed by atoms with E-state index in [1.54, 1.807) is 10.8 Å². The highest BCUT2D eigenvalue weighted by atomic mass is 16.2. The standard InChI is InChI=1S/C25H25N5O2/c1-2-24(31)29-13-11-17(16-29)14-23-27-28-25(32)30(23)21-9-7-18(8-10-21)20-6-5-19-4-3-12-26-22(19)15-20/h3-10,12,15,17H,2,11,13-14,16H2,1H3,(H,28,32)/t17-/m0/s1. The Hall–Kier alpha value is -3.74. The number of pyridine rings is 1. The van der Waals surface area contributed by atoms with Crippen LogP contribution in [0.1, 0.15) is 25.6 Å². The van der Waals surface area contributed by atoms with Crippen molar-refractivity contribution < 1.29 is 4.79 Å². The highest BCUT2D eigenvalue weighted by molar-refractivity contribution is 5.84. The van der Waals surface area contributed by atoms with Crippen LogP contribution in [-0.4, -0.2) is 43.6 Å². The first-order valence-corrected chi connectivity index (χ1v) is 11.0. The smallest absolute Gasteiger partial charge is 0.342 e. The molecule has 0 aliphatic carbocycles. The number of nitrogens with one attached hydrogen (secondary N) is 1. The Morgan fingerprint density at radius 1 is 1.12 bits per heavy atom. The van der Waals surface area contributed by atoms with Crippen LogP contribution in [0.4, 0.5) is 0 Å². The number of H-pyrrole nitrogens is 1. The second-order valence-electron chi connectivity index (χ2n) is 8.29. The molecule has 7 nitrogen and oxygen atoms in total. The van der Waals surface area contributed by atoms with Crippen molar-refractivity contribution in [1.29, 1.82) is 0 Å². The molecule has 2 aromatic heterocycles. The second kappa shape index (κ2) is 8.42. The minimum absolute atomic E-state index is 0.186. The Kier molecular flexibility index (Phi) is 5.31. The third-order valence-corrected chi connectivity index (χ3v) is 6.22. The Morgan fingerprint density at radius 3 is 2.75 bits per heavy atom. The Bertz CT molecular complexity index is 1320. The summed E-state index contributed by atoms with van der Waals surface area (Å²) in [6.45, 7) is 3.39. The van der Waals surface area contributed by atoms with Crippen LogP contribution in [0.3, 0.4) is 0 Å². The van der Waals surface area contributed by atoms with Crippen molar-refractivity contribution >= 4 is 16.8 Å². The van der Waals surface area contributed by atoms with E-state index in [9.17, 15) is 9.59 Å². The van der Waals surface area contributed by atoms with Crippen LogP contribution in [0.15, 0.2) is 65.6 Å². The fourth-order valence-electron chi connectivity index (χ4n) is 4.49. The van der Waals surface area contributed by atoms with Crippen LogP contribution in [0.5, 0.6) is 0 Å². The van der Waals surface area contributed by atoms with Gasteiger partial charge in [-0.25, -0.2) is 14.5 Å². The molecule has 1 fully saturated rings. The lowest BCUT2D eigenvalue weighted by Crippen LogP contribution is -2.28. The van der Waals surface area contributed by atoms with E-state index in [0.29, 0.717) is 24.6 Å². The van der Waals surface area contributed by atoms with Crippen molar-refractivity contribution in [2.75, 3.05) is 13.1 Å². The zero-order chi connectivity index (χ0) is 22.1. The van der Waals surface area contributed by atoms with Gasteiger partial charge in [0.1, 0.15) is 5.82 Å². The number of nitrogens with zero attached hydrogens (tertiary/aromatic N) is 4. The average Bonchev–Trinajstić information content (AvgIpc) is 3.45. The molecule has 3 heterocycles. The summed E-state index contributed by atoms with van der Waals surface area (Å²) in [6, 6.07) is 18.1. The van der Waals surface area contributed by atoms with E-state index >= 15 is 0 Å². The first-order valence-electron chi connectivity index (χ1n) is 11.0. The maximum atomic E-state index is 12.5. The first kappa shape index (κ1) is 20.2. The number of fused-ring (bicyclic) bond motifs is 1. The summed E-state index contributed by atoms with van der Waals surface area (Å²) < 4.78 is 1.63. The fraction of sp³-hybridized carbons (Fsp3) is 0.280. The lowest BCUT2D eigenvalue weighted by molar-refractivity contribution is -0.129. The number of aromatic amines is 1. The molecule has 1 saturated heterocycles. The van der Waals surface area contributed by atoms with Crippen molar-refractivity contribution in [2.24, 2.45) is 5.92 Å². The van der Waals surface area contributed by atoms with Gasteiger partial charge >= 0.3 is 5.69 Å². The highest BCUT2D eigenvalue weighted by Crippen LogP contribution is 2.25. The number of benzene rings is 2. The largest absolute Gasteiger partial charge is 0.347 e. The van der Waals surface area contributed by atoms with Gasteiger partial charge in [0, 0.05) is 37.5 Å². The van der Waals surface area contributed by atoms with Gasteiger partial charge in [0.2, 0.25) is 5.91 Å². The van der Waals surface area contributed by atoms with Gasteiger partial charge < -0.3 is 4.90 Å². The SMILES string of the molecule is CCC(=O)N1CC[C@@H](Cc2n[nH]c(=O)n2-c2ccc(-c3ccc4cccnc4c3)cc2)C1. The Morgan fingerprint density at radius 2 is 1.94 bits per heavy atom. The molecule has 1 aliphatic heterocycles. The molecule has 0 unspecified atom stereocenters. The zero-order valence-electron chi connectivity index (χ0n) is 18.0. The predicted octanol–water partition coefficient (Wildman–Crippen LogP) is 3.58. The normalized spacial score (nSPS) is 16.0. The molecule has 1 N–H and O–H groups in total. The van der Waals surface area contributed by atoms with Crippen molar-refractivity contribution in [3.63, 3.8) is 0 Å². The maximum Gasteiger partial charge on any atom is 0.347 e. The van der Waals surface area contributed by atoms with Crippen molar-refractivity contribution in [3.8, 4) is 16.8 Å². The number of hydrogen-bond acceptors (Lipinski definition) is 4. The molecule has 0 spiro atoms. The summed E-state index contributed by atoms with van der Waals surface area (Å²) in [5, 5.41) is 7.97. The highest BCUT2D eigenvalue weighted by Gasteiger charge is 2.27. The van der Waals surface area contributed by atoms with Crippen LogP contribution in [0.25, 0.3) is 27.7 Å². The number of amides is 1. The summed E-state index contributed by atoms with van der Waals surface area (Å²) >= 11 is 0. The minimum atomic E-state index is -0.248. The molecule has 162 valence electrons. The Balaban J connectivity index is 1.38. The van der Waals surface area contributed by atoms with Crippen LogP contribution < -0.4 is 5.69 Å². The van der Waals surface area contributed by atoms with Gasteiger partial charge in [0.15, 0.2) is 0 Å². The van der Waals surface area contributed by atoms with Crippen LogP contribution in [-0.2, 0) is 11.2 Å². The number of hydrogen-bond donors (Lipinski definition) is 1. The summed E-state index contributed by atoms with van der Waals surface area (Å²) in [4.78, 5) is 30.8. The van der Waals surface area contributed by atoms with E-state index in [1.165, 1.54) is 0 Å². The molecule has 32 heavy (non-hydrogen) atoms. The van der Waals surface area contributed by atoms with Crippen molar-refractivity contribution in [3.05, 3.63) is 77.1 Å². The summed E-state index contributed by atoms with van der Waals surface area (Å²) in [5.41, 5.74) is 3.62. The van der Waals surface area contributed by atoms with E-state index in [1.807, 2.05) is 48.2 Å². The molecule has 5 rings (SSSR count). The maximum absolute atomic E-state index is 12.5. The van der Waals surface area contributed by atoms with E-state index in [2.05, 4.69) is 33.4 Å². The molecule has 7 heteroatoms. The van der Waals surface area contributed by atoms with Gasteiger partial charge in [0.25, 0.3) is 0 Å². The average molecular weight is 428 g/mol. The van der Waals surface area contributed by atoms with Gasteiger partial charge in [-0.3, -0.25) is 9.78 Å². The number of carbonyl (C=O) groups is 1. The topological polar surface area (TPSA) is 83.9 Å². The molecule has 2 aromatic carbocycles. The molecule has 4 aromatic rings. The number of likely N-dealkylation sites (tertiary alicyclic amines) is 1. The molecule has 1 amide bonds. The lowest BCUT2D eigenvalue weighted by atomic mass is 10.0. The van der Waals surface area contributed by atoms with Crippen LogP contribution >= 0.6 is 0 Å². The fourth-order valence-corrected chi connectivity index (χ4v) is 4.49. The third kappa shape index (κ3) is 3.82. The molecular formula is C25H25N5O2. The summed E-state index contributed by atoms with van der Waals surface area (Å²) in [6.07, 6.45) is 3.91. The van der Waals surface area contributed by atoms with Crippen LogP contribution in [0, 0.1) is 5.92 Å². The quantitative estimate of drug-likeness (QED) is 0.528. The molecule has 1 atom stereocenters. The van der Waals surface area contributed by atoms with Gasteiger partial charge in [0.05, 0.1) is 11.2 Å². The molecular weight excluding hydrogens is 402 g/mol. The summed E-state index contributed by atoms with van der Waals surface area (Å²) in [5.74, 6) is 1.20. The Labute approximate surface area is 185 Å². The van der Waals surface area contributed by atoms with E-state index in [-0.39, 0.29) is 11.6 Å². The number of aromatic nitrogens is 4. The lowest BCUT2D eigenvalue weighted by Gasteiger charge is -2.15. The van der Waals surface area contributed by atoms with Crippen LogP contribution in [0.2, 0.25) is 0 Å². The second-order valence-corrected chi connectivity index (χ2v) is 8.29.